The fraction of sp³-hybridized carbons (Fsp3) is 0.281. The second kappa shape index (κ2) is 16.1. The molecule has 0 unspecified atom stereocenters. The van der Waals surface area contributed by atoms with Crippen LogP contribution >= 0.6 is 31.9 Å². The molecule has 3 heterocycles. The minimum atomic E-state index is -0.463. The Bertz CT molecular complexity index is 1800. The maximum Gasteiger partial charge on any atom is 0.272 e. The average molecular weight is 769 g/mol. The Morgan fingerprint density at radius 3 is 1.55 bits per heavy atom. The number of nitrogens with zero attached hydrogens (tertiary/aromatic N) is 2. The Hall–Kier alpha value is -4.81. The number of amides is 4. The number of nitriles is 1. The first-order chi connectivity index (χ1) is 22.6. The van der Waals surface area contributed by atoms with Gasteiger partial charge in [0.25, 0.3) is 23.6 Å². The standard InChI is InChI=1S/C32H35Br2N9O4/c1-18-24(16-37-26(18)30(45)36-12-4-11-35)41-32(47)28-20(3)25(17-39-28)42-31(46)27-19(2)23(15-38-27)40-29(44)21-5-7-22(8-6-21)43(13-9-33)14-10-34/h5-8,15-17,37-39H,4,9-10,12-14H2,1-3H3,(H,36,45)(H,40,44)(H,41,47)(H,42,46). The van der Waals surface area contributed by atoms with Crippen molar-refractivity contribution in [3.8, 4) is 6.07 Å². The largest absolute Gasteiger partial charge is 0.370 e. The third-order valence-electron chi connectivity index (χ3n) is 7.57. The molecule has 3 aromatic heterocycles. The van der Waals surface area contributed by atoms with E-state index in [9.17, 15) is 19.2 Å². The molecule has 0 saturated heterocycles. The highest BCUT2D eigenvalue weighted by Gasteiger charge is 2.22. The second-order valence-corrected chi connectivity index (χ2v) is 12.1. The first-order valence-electron chi connectivity index (χ1n) is 14.7. The van der Waals surface area contributed by atoms with Crippen molar-refractivity contribution in [2.45, 2.75) is 27.2 Å². The highest BCUT2D eigenvalue weighted by molar-refractivity contribution is 9.09. The number of halogens is 2. The lowest BCUT2D eigenvalue weighted by Gasteiger charge is -2.23. The van der Waals surface area contributed by atoms with E-state index in [0.717, 1.165) is 29.4 Å². The predicted octanol–water partition coefficient (Wildman–Crippen LogP) is 5.59. The molecule has 4 rings (SSSR count). The molecular weight excluding hydrogens is 734 g/mol. The number of hydrogen-bond acceptors (Lipinski definition) is 6. The van der Waals surface area contributed by atoms with Gasteiger partial charge in [-0.1, -0.05) is 31.9 Å². The summed E-state index contributed by atoms with van der Waals surface area (Å²) < 4.78 is 0. The molecule has 0 saturated carbocycles. The summed E-state index contributed by atoms with van der Waals surface area (Å²) in [6.07, 6.45) is 4.77. The Balaban J connectivity index is 1.38. The Labute approximate surface area is 288 Å². The number of anilines is 4. The van der Waals surface area contributed by atoms with Gasteiger partial charge in [-0.2, -0.15) is 5.26 Å². The number of rotatable bonds is 14. The van der Waals surface area contributed by atoms with Crippen LogP contribution in [0.5, 0.6) is 0 Å². The van der Waals surface area contributed by atoms with Gasteiger partial charge in [0, 0.05) is 76.8 Å². The van der Waals surface area contributed by atoms with Crippen LogP contribution < -0.4 is 26.2 Å². The van der Waals surface area contributed by atoms with Crippen molar-refractivity contribution in [3.05, 3.63) is 82.2 Å². The third kappa shape index (κ3) is 8.32. The van der Waals surface area contributed by atoms with Crippen LogP contribution in [0.4, 0.5) is 22.7 Å². The molecule has 246 valence electrons. The van der Waals surface area contributed by atoms with E-state index < -0.39 is 11.8 Å². The first-order valence-corrected chi connectivity index (χ1v) is 16.9. The summed E-state index contributed by atoms with van der Waals surface area (Å²) in [4.78, 5) is 62.5. The van der Waals surface area contributed by atoms with Crippen LogP contribution in [-0.2, 0) is 0 Å². The maximum atomic E-state index is 13.2. The summed E-state index contributed by atoms with van der Waals surface area (Å²) in [6.45, 7) is 6.99. The van der Waals surface area contributed by atoms with Crippen LogP contribution in [0.25, 0.3) is 0 Å². The molecule has 1 aromatic carbocycles. The van der Waals surface area contributed by atoms with E-state index in [0.29, 0.717) is 39.3 Å². The van der Waals surface area contributed by atoms with E-state index in [4.69, 9.17) is 5.26 Å². The molecule has 0 spiro atoms. The summed E-state index contributed by atoms with van der Waals surface area (Å²) >= 11 is 6.95. The van der Waals surface area contributed by atoms with Crippen molar-refractivity contribution in [1.82, 2.24) is 20.3 Å². The number of benzene rings is 1. The van der Waals surface area contributed by atoms with Crippen LogP contribution in [0, 0.1) is 32.1 Å². The fourth-order valence-corrected chi connectivity index (χ4v) is 5.72. The SMILES string of the molecule is Cc1c(NC(=O)c2ccc(N(CCBr)CCBr)cc2)c[nH]c1C(=O)Nc1c[nH]c(C(=O)Nc2c[nH]c(C(=O)NCCC#N)c2C)c1C. The monoisotopic (exact) mass is 767 g/mol. The Morgan fingerprint density at radius 2 is 1.13 bits per heavy atom. The van der Waals surface area contributed by atoms with Crippen LogP contribution in [-0.4, -0.2) is 68.9 Å². The molecule has 47 heavy (non-hydrogen) atoms. The molecule has 0 radical (unpaired) electrons. The number of carbonyl (C=O) groups is 4. The molecule has 7 N–H and O–H groups in total. The van der Waals surface area contributed by atoms with Gasteiger partial charge in [0.2, 0.25) is 0 Å². The molecule has 4 aromatic rings. The lowest BCUT2D eigenvalue weighted by molar-refractivity contribution is 0.0947. The molecule has 0 fully saturated rings. The Kier molecular flexibility index (Phi) is 12.0. The smallest absolute Gasteiger partial charge is 0.272 e. The average Bonchev–Trinajstić information content (AvgIpc) is 3.73. The summed E-state index contributed by atoms with van der Waals surface area (Å²) in [7, 11) is 0. The number of carbonyl (C=O) groups excluding carboxylic acids is 4. The minimum absolute atomic E-state index is 0.186. The van der Waals surface area contributed by atoms with Gasteiger partial charge < -0.3 is 41.1 Å². The zero-order valence-corrected chi connectivity index (χ0v) is 29.2. The lowest BCUT2D eigenvalue weighted by atomic mass is 10.1. The van der Waals surface area contributed by atoms with Crippen LogP contribution in [0.3, 0.4) is 0 Å². The summed E-state index contributed by atoms with van der Waals surface area (Å²) in [5.74, 6) is -1.60. The number of H-pyrrole nitrogens is 3. The van der Waals surface area contributed by atoms with E-state index >= 15 is 0 Å². The summed E-state index contributed by atoms with van der Waals surface area (Å²) in [5.41, 5.74) is 5.14. The van der Waals surface area contributed by atoms with Crippen molar-refractivity contribution < 1.29 is 19.2 Å². The zero-order chi connectivity index (χ0) is 34.1. The van der Waals surface area contributed by atoms with Crippen LogP contribution in [0.2, 0.25) is 0 Å². The molecule has 15 heteroatoms. The van der Waals surface area contributed by atoms with Crippen molar-refractivity contribution >= 4 is 78.2 Å². The Morgan fingerprint density at radius 1 is 0.702 bits per heavy atom. The van der Waals surface area contributed by atoms with Gasteiger partial charge in [0.05, 0.1) is 29.6 Å². The predicted molar refractivity (Wildman–Crippen MR) is 189 cm³/mol. The van der Waals surface area contributed by atoms with Gasteiger partial charge in [-0.25, -0.2) is 0 Å². The highest BCUT2D eigenvalue weighted by Crippen LogP contribution is 2.25. The number of aromatic nitrogens is 3. The second-order valence-electron chi connectivity index (χ2n) is 10.5. The molecule has 0 aliphatic rings. The minimum Gasteiger partial charge on any atom is -0.370 e. The van der Waals surface area contributed by atoms with Gasteiger partial charge in [-0.05, 0) is 45.0 Å². The van der Waals surface area contributed by atoms with E-state index in [1.54, 1.807) is 39.1 Å². The number of nitrogens with one attached hydrogen (secondary N) is 7. The highest BCUT2D eigenvalue weighted by atomic mass is 79.9. The molecule has 0 aliphatic carbocycles. The molecule has 0 atom stereocenters. The number of aromatic amines is 3. The third-order valence-corrected chi connectivity index (χ3v) is 8.28. The van der Waals surface area contributed by atoms with Crippen molar-refractivity contribution in [1.29, 1.82) is 5.26 Å². The van der Waals surface area contributed by atoms with Crippen molar-refractivity contribution in [2.75, 3.05) is 51.1 Å². The quantitative estimate of drug-likeness (QED) is 0.0646. The van der Waals surface area contributed by atoms with E-state index in [-0.39, 0.29) is 41.9 Å². The van der Waals surface area contributed by atoms with Crippen LogP contribution in [0.15, 0.2) is 42.9 Å². The fourth-order valence-electron chi connectivity index (χ4n) is 4.87. The summed E-state index contributed by atoms with van der Waals surface area (Å²) in [5, 5.41) is 21.4. The number of alkyl halides is 2. The molecule has 0 bridgehead atoms. The van der Waals surface area contributed by atoms with Gasteiger partial charge in [0.15, 0.2) is 0 Å². The lowest BCUT2D eigenvalue weighted by Crippen LogP contribution is -2.27. The van der Waals surface area contributed by atoms with Gasteiger partial charge in [-0.15, -0.1) is 0 Å². The summed E-state index contributed by atoms with van der Waals surface area (Å²) in [6, 6.07) is 9.32. The van der Waals surface area contributed by atoms with Crippen molar-refractivity contribution in [2.24, 2.45) is 0 Å². The normalized spacial score (nSPS) is 10.6. The van der Waals surface area contributed by atoms with Gasteiger partial charge in [0.1, 0.15) is 17.1 Å². The molecule has 0 aliphatic heterocycles. The van der Waals surface area contributed by atoms with Crippen molar-refractivity contribution in [3.63, 3.8) is 0 Å². The molecular formula is C32H35Br2N9O4. The first kappa shape index (κ1) is 35.1. The zero-order valence-electron chi connectivity index (χ0n) is 26.1. The number of hydrogen-bond donors (Lipinski definition) is 7. The maximum absolute atomic E-state index is 13.2. The topological polar surface area (TPSA) is 191 Å². The van der Waals surface area contributed by atoms with E-state index in [2.05, 4.69) is 73.0 Å². The van der Waals surface area contributed by atoms with E-state index in [1.165, 1.54) is 12.4 Å². The van der Waals surface area contributed by atoms with Gasteiger partial charge in [-0.3, -0.25) is 19.2 Å². The van der Waals surface area contributed by atoms with Crippen LogP contribution in [0.1, 0.15) is 64.9 Å². The van der Waals surface area contributed by atoms with E-state index in [1.807, 2.05) is 18.2 Å². The molecule has 13 nitrogen and oxygen atoms in total. The van der Waals surface area contributed by atoms with Gasteiger partial charge >= 0.3 is 0 Å². The molecule has 4 amide bonds.